The fraction of sp³-hybridized carbons (Fsp3) is 0.0556. The lowest BCUT2D eigenvalue weighted by Gasteiger charge is -2.03. The molecule has 0 spiro atoms. The molecule has 3 aromatic rings. The number of aromatic nitrogens is 2. The number of nitriles is 1. The maximum absolute atomic E-state index is 12.7. The summed E-state index contributed by atoms with van der Waals surface area (Å²) >= 11 is 5.88. The number of anilines is 1. The fourth-order valence-corrected chi connectivity index (χ4v) is 2.48. The molecule has 1 aromatic heterocycles. The molecule has 124 valence electrons. The molecule has 0 fully saturated rings. The van der Waals surface area contributed by atoms with Crippen molar-refractivity contribution < 1.29 is 9.53 Å². The van der Waals surface area contributed by atoms with Gasteiger partial charge in [-0.3, -0.25) is 4.79 Å². The average molecular weight is 353 g/mol. The van der Waals surface area contributed by atoms with Crippen molar-refractivity contribution in [1.29, 1.82) is 5.26 Å². The number of nitrogen functional groups attached to an aromatic ring is 1. The third-order valence-electron chi connectivity index (χ3n) is 3.67. The van der Waals surface area contributed by atoms with E-state index in [-0.39, 0.29) is 17.1 Å². The highest BCUT2D eigenvalue weighted by molar-refractivity contribution is 6.30. The summed E-state index contributed by atoms with van der Waals surface area (Å²) in [6.45, 7) is 0. The average Bonchev–Trinajstić information content (AvgIpc) is 2.98. The van der Waals surface area contributed by atoms with Crippen LogP contribution < -0.4 is 10.5 Å². The van der Waals surface area contributed by atoms with Gasteiger partial charge < -0.3 is 10.5 Å². The zero-order valence-corrected chi connectivity index (χ0v) is 14.0. The molecule has 0 atom stereocenters. The first-order valence-electron chi connectivity index (χ1n) is 7.28. The number of carbonyl (C=O) groups excluding carboxylic acids is 1. The van der Waals surface area contributed by atoms with Crippen LogP contribution in [0.2, 0.25) is 5.02 Å². The van der Waals surface area contributed by atoms with E-state index in [1.807, 2.05) is 6.07 Å². The summed E-state index contributed by atoms with van der Waals surface area (Å²) < 4.78 is 6.43. The smallest absolute Gasteiger partial charge is 0.214 e. The highest BCUT2D eigenvalue weighted by atomic mass is 35.5. The highest BCUT2D eigenvalue weighted by Crippen LogP contribution is 2.24. The van der Waals surface area contributed by atoms with Crippen LogP contribution in [0.5, 0.6) is 5.75 Å². The van der Waals surface area contributed by atoms with Gasteiger partial charge >= 0.3 is 0 Å². The SMILES string of the molecule is COc1ccc(C(=O)c2nn(-c3ccc(Cl)cc3)c(N)c2C#N)cc1. The molecule has 6 nitrogen and oxygen atoms in total. The molecular weight excluding hydrogens is 340 g/mol. The molecule has 0 unspecified atom stereocenters. The molecule has 0 bridgehead atoms. The lowest BCUT2D eigenvalue weighted by Crippen LogP contribution is -2.05. The van der Waals surface area contributed by atoms with Crippen molar-refractivity contribution in [3.63, 3.8) is 0 Å². The monoisotopic (exact) mass is 352 g/mol. The minimum Gasteiger partial charge on any atom is -0.497 e. The third-order valence-corrected chi connectivity index (χ3v) is 3.92. The Bertz CT molecular complexity index is 970. The van der Waals surface area contributed by atoms with Gasteiger partial charge in [0.15, 0.2) is 5.69 Å². The first-order chi connectivity index (χ1) is 12.0. The predicted molar refractivity (Wildman–Crippen MR) is 94.1 cm³/mol. The first kappa shape index (κ1) is 16.6. The van der Waals surface area contributed by atoms with E-state index in [9.17, 15) is 10.1 Å². The Hall–Kier alpha value is -3.30. The Balaban J connectivity index is 2.06. The van der Waals surface area contributed by atoms with E-state index in [1.165, 1.54) is 4.68 Å². The van der Waals surface area contributed by atoms with Crippen LogP contribution in [0.25, 0.3) is 5.69 Å². The van der Waals surface area contributed by atoms with Gasteiger partial charge in [0, 0.05) is 10.6 Å². The molecule has 0 saturated carbocycles. The van der Waals surface area contributed by atoms with Crippen LogP contribution >= 0.6 is 11.6 Å². The summed E-state index contributed by atoms with van der Waals surface area (Å²) in [6.07, 6.45) is 0. The number of halogens is 1. The Morgan fingerprint density at radius 2 is 1.84 bits per heavy atom. The minimum atomic E-state index is -0.390. The van der Waals surface area contributed by atoms with Crippen molar-refractivity contribution in [2.75, 3.05) is 12.8 Å². The van der Waals surface area contributed by atoms with E-state index in [4.69, 9.17) is 22.1 Å². The van der Waals surface area contributed by atoms with Crippen LogP contribution in [0.3, 0.4) is 0 Å². The minimum absolute atomic E-state index is 0.000108. The second-order valence-electron chi connectivity index (χ2n) is 5.17. The van der Waals surface area contributed by atoms with Crippen LogP contribution in [0.4, 0.5) is 5.82 Å². The van der Waals surface area contributed by atoms with Gasteiger partial charge in [0.1, 0.15) is 23.2 Å². The van der Waals surface area contributed by atoms with E-state index in [2.05, 4.69) is 5.10 Å². The normalized spacial score (nSPS) is 10.3. The third kappa shape index (κ3) is 3.05. The molecule has 0 aliphatic heterocycles. The van der Waals surface area contributed by atoms with Crippen LogP contribution in [0, 0.1) is 11.3 Å². The predicted octanol–water partition coefficient (Wildman–Crippen LogP) is 3.22. The number of nitrogens with two attached hydrogens (primary N) is 1. The van der Waals surface area contributed by atoms with Gasteiger partial charge in [-0.25, -0.2) is 4.68 Å². The summed E-state index contributed by atoms with van der Waals surface area (Å²) in [5.74, 6) is 0.337. The number of hydrogen-bond donors (Lipinski definition) is 1. The van der Waals surface area contributed by atoms with Crippen molar-refractivity contribution >= 4 is 23.2 Å². The number of hydrogen-bond acceptors (Lipinski definition) is 5. The van der Waals surface area contributed by atoms with Gasteiger partial charge in [-0.05, 0) is 48.5 Å². The van der Waals surface area contributed by atoms with Crippen molar-refractivity contribution in [1.82, 2.24) is 9.78 Å². The molecule has 7 heteroatoms. The standard InChI is InChI=1S/C18H13ClN4O2/c1-25-14-8-2-11(3-9-14)17(24)16-15(10-20)18(21)23(22-16)13-6-4-12(19)5-7-13/h2-9H,21H2,1H3. The van der Waals surface area contributed by atoms with Crippen molar-refractivity contribution in [3.8, 4) is 17.5 Å². The Morgan fingerprint density at radius 1 is 1.20 bits per heavy atom. The lowest BCUT2D eigenvalue weighted by molar-refractivity contribution is 0.103. The van der Waals surface area contributed by atoms with Crippen molar-refractivity contribution in [2.24, 2.45) is 0 Å². The Kier molecular flexibility index (Phi) is 4.42. The quantitative estimate of drug-likeness (QED) is 0.727. The molecule has 25 heavy (non-hydrogen) atoms. The van der Waals surface area contributed by atoms with Crippen LogP contribution in [-0.2, 0) is 0 Å². The molecule has 0 aliphatic carbocycles. The number of carbonyl (C=O) groups is 1. The number of methoxy groups -OCH3 is 1. The summed E-state index contributed by atoms with van der Waals surface area (Å²) in [5, 5.41) is 14.2. The number of nitrogens with zero attached hydrogens (tertiary/aromatic N) is 3. The maximum Gasteiger partial charge on any atom is 0.214 e. The van der Waals surface area contributed by atoms with E-state index in [1.54, 1.807) is 55.6 Å². The van der Waals surface area contributed by atoms with Gasteiger partial charge in [0.25, 0.3) is 0 Å². The molecule has 0 saturated heterocycles. The summed E-state index contributed by atoms with van der Waals surface area (Å²) in [6, 6.07) is 15.3. The summed E-state index contributed by atoms with van der Waals surface area (Å²) in [5.41, 5.74) is 7.05. The molecule has 2 N–H and O–H groups in total. The molecule has 3 rings (SSSR count). The van der Waals surface area contributed by atoms with Gasteiger partial charge in [0.2, 0.25) is 5.78 Å². The largest absolute Gasteiger partial charge is 0.497 e. The number of ketones is 1. The zero-order chi connectivity index (χ0) is 18.0. The van der Waals surface area contributed by atoms with Crippen molar-refractivity contribution in [3.05, 3.63) is 70.4 Å². The van der Waals surface area contributed by atoms with Crippen LogP contribution in [0.1, 0.15) is 21.6 Å². The number of ether oxygens (including phenoxy) is 1. The summed E-state index contributed by atoms with van der Waals surface area (Å²) in [4.78, 5) is 12.7. The van der Waals surface area contributed by atoms with Gasteiger partial charge in [-0.2, -0.15) is 10.4 Å². The second-order valence-corrected chi connectivity index (χ2v) is 5.60. The Labute approximate surface area is 149 Å². The molecule has 0 aliphatic rings. The highest BCUT2D eigenvalue weighted by Gasteiger charge is 2.23. The van der Waals surface area contributed by atoms with Crippen LogP contribution in [0.15, 0.2) is 48.5 Å². The number of benzene rings is 2. The molecule has 0 radical (unpaired) electrons. The van der Waals surface area contributed by atoms with E-state index in [0.717, 1.165) is 0 Å². The fourth-order valence-electron chi connectivity index (χ4n) is 2.36. The topological polar surface area (TPSA) is 93.9 Å². The van der Waals surface area contributed by atoms with E-state index >= 15 is 0 Å². The van der Waals surface area contributed by atoms with Gasteiger partial charge in [-0.1, -0.05) is 11.6 Å². The second kappa shape index (κ2) is 6.67. The molecule has 2 aromatic carbocycles. The van der Waals surface area contributed by atoms with Gasteiger partial charge in [-0.15, -0.1) is 0 Å². The molecule has 0 amide bonds. The van der Waals surface area contributed by atoms with E-state index in [0.29, 0.717) is 22.0 Å². The van der Waals surface area contributed by atoms with Crippen molar-refractivity contribution in [2.45, 2.75) is 0 Å². The maximum atomic E-state index is 12.7. The van der Waals surface area contributed by atoms with E-state index < -0.39 is 5.78 Å². The Morgan fingerprint density at radius 3 is 2.40 bits per heavy atom. The van der Waals surface area contributed by atoms with Crippen LogP contribution in [-0.4, -0.2) is 22.7 Å². The summed E-state index contributed by atoms with van der Waals surface area (Å²) in [7, 11) is 1.54. The van der Waals surface area contributed by atoms with Gasteiger partial charge in [0.05, 0.1) is 12.8 Å². The molecular formula is C18H13ClN4O2. The zero-order valence-electron chi connectivity index (χ0n) is 13.2. The first-order valence-corrected chi connectivity index (χ1v) is 7.66. The molecule has 1 heterocycles. The lowest BCUT2D eigenvalue weighted by atomic mass is 10.1. The number of rotatable bonds is 4.